The lowest BCUT2D eigenvalue weighted by atomic mass is 9.99. The van der Waals surface area contributed by atoms with E-state index < -0.39 is 0 Å². The zero-order chi connectivity index (χ0) is 17.6. The van der Waals surface area contributed by atoms with E-state index in [2.05, 4.69) is 89.2 Å². The fourth-order valence-corrected chi connectivity index (χ4v) is 3.38. The van der Waals surface area contributed by atoms with Crippen molar-refractivity contribution >= 4 is 5.71 Å². The first-order chi connectivity index (χ1) is 12.9. The van der Waals surface area contributed by atoms with Crippen LogP contribution in [0.2, 0.25) is 0 Å². The van der Waals surface area contributed by atoms with Gasteiger partial charge in [0.05, 0.1) is 18.4 Å². The van der Waals surface area contributed by atoms with Crippen molar-refractivity contribution in [3.05, 3.63) is 108 Å². The molecule has 1 atom stereocenters. The highest BCUT2D eigenvalue weighted by molar-refractivity contribution is 6.01. The van der Waals surface area contributed by atoms with Crippen molar-refractivity contribution in [2.75, 3.05) is 6.67 Å². The molecule has 0 bridgehead atoms. The van der Waals surface area contributed by atoms with Crippen molar-refractivity contribution in [3.63, 3.8) is 0 Å². The van der Waals surface area contributed by atoms with Gasteiger partial charge in [0.2, 0.25) is 0 Å². The van der Waals surface area contributed by atoms with Crippen LogP contribution < -0.4 is 5.32 Å². The smallest absolute Gasteiger partial charge is 0.0864 e. The first kappa shape index (κ1) is 16.6. The molecule has 0 saturated carbocycles. The van der Waals surface area contributed by atoms with Gasteiger partial charge in [-0.15, -0.1) is 0 Å². The zero-order valence-electron chi connectivity index (χ0n) is 14.8. The number of rotatable bonds is 6. The number of hydrogen-bond acceptors (Lipinski definition) is 3. The molecule has 0 aromatic heterocycles. The van der Waals surface area contributed by atoms with E-state index in [9.17, 15) is 0 Å². The molecule has 3 heteroatoms. The molecular weight excluding hydrogens is 318 g/mol. The van der Waals surface area contributed by atoms with E-state index >= 15 is 0 Å². The number of benzene rings is 3. The Morgan fingerprint density at radius 3 is 2.12 bits per heavy atom. The minimum absolute atomic E-state index is 0.273. The molecule has 4 rings (SSSR count). The second-order valence-electron chi connectivity index (χ2n) is 6.55. The Morgan fingerprint density at radius 2 is 1.42 bits per heavy atom. The van der Waals surface area contributed by atoms with Crippen LogP contribution in [0.3, 0.4) is 0 Å². The predicted octanol–water partition coefficient (Wildman–Crippen LogP) is 4.59. The Morgan fingerprint density at radius 1 is 0.808 bits per heavy atom. The van der Waals surface area contributed by atoms with Crippen LogP contribution in [-0.2, 0) is 6.54 Å². The normalized spacial score (nSPS) is 16.5. The summed E-state index contributed by atoms with van der Waals surface area (Å²) in [6, 6.07) is 31.9. The van der Waals surface area contributed by atoms with Crippen LogP contribution in [0.15, 0.2) is 96.1 Å². The molecule has 1 N–H and O–H groups in total. The van der Waals surface area contributed by atoms with Gasteiger partial charge in [0.1, 0.15) is 0 Å². The van der Waals surface area contributed by atoms with Gasteiger partial charge in [-0.3, -0.25) is 10.3 Å². The van der Waals surface area contributed by atoms with Crippen molar-refractivity contribution in [2.24, 2.45) is 5.10 Å². The zero-order valence-corrected chi connectivity index (χ0v) is 14.8. The first-order valence-corrected chi connectivity index (χ1v) is 9.09. The predicted molar refractivity (Wildman–Crippen MR) is 107 cm³/mol. The fraction of sp³-hybridized carbons (Fsp3) is 0.174. The summed E-state index contributed by atoms with van der Waals surface area (Å²) in [5.41, 5.74) is 4.96. The molecule has 0 amide bonds. The van der Waals surface area contributed by atoms with Crippen LogP contribution in [0.1, 0.15) is 29.2 Å². The van der Waals surface area contributed by atoms with Gasteiger partial charge in [0.15, 0.2) is 0 Å². The first-order valence-electron chi connectivity index (χ1n) is 9.09. The molecule has 3 nitrogen and oxygen atoms in total. The van der Waals surface area contributed by atoms with Gasteiger partial charge in [0.25, 0.3) is 0 Å². The summed E-state index contributed by atoms with van der Waals surface area (Å²) in [4.78, 5) is 0. The van der Waals surface area contributed by atoms with E-state index in [0.717, 1.165) is 25.3 Å². The number of nitrogens with one attached hydrogen (secondary N) is 1. The van der Waals surface area contributed by atoms with Gasteiger partial charge in [-0.2, -0.15) is 5.10 Å². The van der Waals surface area contributed by atoms with Crippen molar-refractivity contribution in [3.8, 4) is 0 Å². The van der Waals surface area contributed by atoms with E-state index in [1.54, 1.807) is 0 Å². The van der Waals surface area contributed by atoms with Crippen molar-refractivity contribution in [2.45, 2.75) is 19.0 Å². The van der Waals surface area contributed by atoms with Crippen LogP contribution >= 0.6 is 0 Å². The van der Waals surface area contributed by atoms with Crippen molar-refractivity contribution in [1.29, 1.82) is 0 Å². The SMILES string of the molecule is c1ccc(CNCN2N=C(c3ccccc3)CC2c2ccccc2)cc1. The molecule has 0 aliphatic carbocycles. The van der Waals surface area contributed by atoms with E-state index in [4.69, 9.17) is 5.10 Å². The minimum atomic E-state index is 0.273. The average molecular weight is 341 g/mol. The van der Waals surface area contributed by atoms with Crippen LogP contribution in [0.25, 0.3) is 0 Å². The molecule has 130 valence electrons. The maximum atomic E-state index is 4.93. The van der Waals surface area contributed by atoms with Gasteiger partial charge < -0.3 is 0 Å². The molecule has 0 radical (unpaired) electrons. The maximum absolute atomic E-state index is 4.93. The summed E-state index contributed by atoms with van der Waals surface area (Å²) in [6.45, 7) is 1.57. The van der Waals surface area contributed by atoms with Crippen molar-refractivity contribution < 1.29 is 0 Å². The number of nitrogens with zero attached hydrogens (tertiary/aromatic N) is 2. The van der Waals surface area contributed by atoms with Crippen LogP contribution in [0, 0.1) is 0 Å². The maximum Gasteiger partial charge on any atom is 0.0864 e. The average Bonchev–Trinajstić information content (AvgIpc) is 3.14. The molecule has 1 aliphatic rings. The van der Waals surface area contributed by atoms with Crippen LogP contribution in [0.4, 0.5) is 0 Å². The van der Waals surface area contributed by atoms with Gasteiger partial charge in [0, 0.05) is 13.0 Å². The molecule has 1 unspecified atom stereocenters. The monoisotopic (exact) mass is 341 g/mol. The Hall–Kier alpha value is -2.91. The summed E-state index contributed by atoms with van der Waals surface area (Å²) >= 11 is 0. The lowest BCUT2D eigenvalue weighted by Gasteiger charge is -2.24. The third-order valence-corrected chi connectivity index (χ3v) is 4.73. The Labute approximate surface area is 155 Å². The molecule has 3 aromatic rings. The molecule has 0 spiro atoms. The van der Waals surface area contributed by atoms with E-state index in [0.29, 0.717) is 0 Å². The Balaban J connectivity index is 1.50. The molecule has 0 fully saturated rings. The third kappa shape index (κ3) is 3.84. The second kappa shape index (κ2) is 7.98. The van der Waals surface area contributed by atoms with Gasteiger partial charge >= 0.3 is 0 Å². The van der Waals surface area contributed by atoms with E-state index in [1.165, 1.54) is 16.7 Å². The molecule has 1 aliphatic heterocycles. The summed E-state index contributed by atoms with van der Waals surface area (Å²) in [5, 5.41) is 10.7. The molecular formula is C23H23N3. The lowest BCUT2D eigenvalue weighted by Crippen LogP contribution is -2.30. The topological polar surface area (TPSA) is 27.6 Å². The van der Waals surface area contributed by atoms with E-state index in [-0.39, 0.29) is 6.04 Å². The highest BCUT2D eigenvalue weighted by Crippen LogP contribution is 2.31. The number of hydrogen-bond donors (Lipinski definition) is 1. The molecule has 0 saturated heterocycles. The number of hydrazone groups is 1. The third-order valence-electron chi connectivity index (χ3n) is 4.73. The van der Waals surface area contributed by atoms with Crippen LogP contribution in [-0.4, -0.2) is 17.4 Å². The molecule has 26 heavy (non-hydrogen) atoms. The fourth-order valence-electron chi connectivity index (χ4n) is 3.38. The summed E-state index contributed by atoms with van der Waals surface area (Å²) < 4.78 is 0. The van der Waals surface area contributed by atoms with Crippen LogP contribution in [0.5, 0.6) is 0 Å². The molecule has 3 aromatic carbocycles. The summed E-state index contributed by atoms with van der Waals surface area (Å²) in [7, 11) is 0. The summed E-state index contributed by atoms with van der Waals surface area (Å²) in [5.74, 6) is 0. The lowest BCUT2D eigenvalue weighted by molar-refractivity contribution is 0.214. The van der Waals surface area contributed by atoms with Gasteiger partial charge in [-0.05, 0) is 16.7 Å². The van der Waals surface area contributed by atoms with Gasteiger partial charge in [-0.25, -0.2) is 0 Å². The van der Waals surface area contributed by atoms with Gasteiger partial charge in [-0.1, -0.05) is 91.0 Å². The summed E-state index contributed by atoms with van der Waals surface area (Å²) in [6.07, 6.45) is 0.932. The largest absolute Gasteiger partial charge is 0.294 e. The van der Waals surface area contributed by atoms with E-state index in [1.807, 2.05) is 12.1 Å². The Kier molecular flexibility index (Phi) is 5.08. The highest BCUT2D eigenvalue weighted by atomic mass is 15.5. The highest BCUT2D eigenvalue weighted by Gasteiger charge is 2.28. The van der Waals surface area contributed by atoms with Crippen molar-refractivity contribution in [1.82, 2.24) is 10.3 Å². The quantitative estimate of drug-likeness (QED) is 0.710. The molecule has 1 heterocycles. The minimum Gasteiger partial charge on any atom is -0.294 e. The Bertz CT molecular complexity index is 844. The second-order valence-corrected chi connectivity index (χ2v) is 6.55. The standard InChI is InChI=1S/C23H23N3/c1-4-10-19(11-5-1)17-24-18-26-23(21-14-8-3-9-15-21)16-22(25-26)20-12-6-2-7-13-20/h1-15,23-24H,16-18H2.